The van der Waals surface area contributed by atoms with Crippen LogP contribution >= 0.6 is 11.6 Å². The van der Waals surface area contributed by atoms with Gasteiger partial charge in [-0.25, -0.2) is 9.97 Å². The molecule has 2 heterocycles. The van der Waals surface area contributed by atoms with Crippen LogP contribution < -0.4 is 0 Å². The zero-order chi connectivity index (χ0) is 12.5. The van der Waals surface area contributed by atoms with Gasteiger partial charge in [0.1, 0.15) is 0 Å². The van der Waals surface area contributed by atoms with Gasteiger partial charge in [0, 0.05) is 24.2 Å². The molecule has 0 aliphatic heterocycles. The lowest BCUT2D eigenvalue weighted by molar-refractivity contribution is 1.13. The van der Waals surface area contributed by atoms with Gasteiger partial charge < -0.3 is 0 Å². The van der Waals surface area contributed by atoms with Gasteiger partial charge in [-0.1, -0.05) is 6.07 Å². The zero-order valence-electron chi connectivity index (χ0n) is 9.63. The van der Waals surface area contributed by atoms with Gasteiger partial charge in [0.25, 0.3) is 0 Å². The van der Waals surface area contributed by atoms with Gasteiger partial charge in [0.15, 0.2) is 0 Å². The summed E-state index contributed by atoms with van der Waals surface area (Å²) >= 11 is 5.83. The van der Waals surface area contributed by atoms with Gasteiger partial charge >= 0.3 is 0 Å². The Labute approximate surface area is 109 Å². The van der Waals surface area contributed by atoms with E-state index in [0.29, 0.717) is 0 Å². The molecule has 0 unspecified atom stereocenters. The number of fused-ring (bicyclic) bond motifs is 1. The fourth-order valence-electron chi connectivity index (χ4n) is 1.82. The van der Waals surface area contributed by atoms with Crippen molar-refractivity contribution in [2.45, 2.75) is 6.92 Å². The van der Waals surface area contributed by atoms with Crippen LogP contribution in [0.5, 0.6) is 0 Å². The highest BCUT2D eigenvalue weighted by Gasteiger charge is 2.07. The van der Waals surface area contributed by atoms with Crippen molar-refractivity contribution in [3.8, 4) is 11.3 Å². The lowest BCUT2D eigenvalue weighted by atomic mass is 10.1. The molecule has 0 aliphatic rings. The average Bonchev–Trinajstić information content (AvgIpc) is 2.41. The highest BCUT2D eigenvalue weighted by Crippen LogP contribution is 2.24. The van der Waals surface area contributed by atoms with E-state index in [0.717, 1.165) is 27.9 Å². The van der Waals surface area contributed by atoms with E-state index >= 15 is 0 Å². The largest absolute Gasteiger partial charge is 0.253 e. The van der Waals surface area contributed by atoms with Crippen LogP contribution in [0.15, 0.2) is 36.8 Å². The second kappa shape index (κ2) is 4.31. The van der Waals surface area contributed by atoms with Gasteiger partial charge in [-0.2, -0.15) is 0 Å². The Morgan fingerprint density at radius 1 is 1.00 bits per heavy atom. The molecule has 0 spiro atoms. The molecule has 18 heavy (non-hydrogen) atoms. The zero-order valence-corrected chi connectivity index (χ0v) is 10.4. The summed E-state index contributed by atoms with van der Waals surface area (Å²) in [5.74, 6) is 0. The smallest absolute Gasteiger partial charge is 0.222 e. The second-order valence-electron chi connectivity index (χ2n) is 3.93. The Morgan fingerprint density at radius 2 is 1.78 bits per heavy atom. The minimum Gasteiger partial charge on any atom is -0.253 e. The summed E-state index contributed by atoms with van der Waals surface area (Å²) in [6.07, 6.45) is 5.06. The van der Waals surface area contributed by atoms with E-state index < -0.39 is 0 Å². The minimum atomic E-state index is 0.245. The van der Waals surface area contributed by atoms with Crippen LogP contribution in [0.25, 0.3) is 22.3 Å². The summed E-state index contributed by atoms with van der Waals surface area (Å²) in [6.45, 7) is 1.95. The molecular formula is C13H9ClN4. The van der Waals surface area contributed by atoms with Crippen molar-refractivity contribution >= 4 is 22.6 Å². The SMILES string of the molecule is Cc1cnc(Cl)nc1-c1ccc2nccnc2c1. The Hall–Kier alpha value is -2.07. The van der Waals surface area contributed by atoms with Crippen LogP contribution in [0.2, 0.25) is 5.28 Å². The molecule has 1 aromatic carbocycles. The molecule has 0 saturated carbocycles. The first-order valence-corrected chi connectivity index (χ1v) is 5.82. The summed E-state index contributed by atoms with van der Waals surface area (Å²) < 4.78 is 0. The number of nitrogens with zero attached hydrogens (tertiary/aromatic N) is 4. The van der Waals surface area contributed by atoms with Crippen LogP contribution in [0, 0.1) is 6.92 Å². The van der Waals surface area contributed by atoms with Crippen molar-refractivity contribution in [1.29, 1.82) is 0 Å². The third-order valence-corrected chi connectivity index (χ3v) is 2.87. The molecule has 0 saturated heterocycles. The normalized spacial score (nSPS) is 10.8. The Kier molecular flexibility index (Phi) is 2.64. The van der Waals surface area contributed by atoms with Crippen LogP contribution in [-0.2, 0) is 0 Å². The van der Waals surface area contributed by atoms with Crippen LogP contribution in [-0.4, -0.2) is 19.9 Å². The Balaban J connectivity index is 2.22. The third-order valence-electron chi connectivity index (χ3n) is 2.69. The van der Waals surface area contributed by atoms with E-state index in [1.165, 1.54) is 0 Å². The molecule has 5 heteroatoms. The number of rotatable bonds is 1. The predicted molar refractivity (Wildman–Crippen MR) is 70.3 cm³/mol. The van der Waals surface area contributed by atoms with Gasteiger partial charge in [0.05, 0.1) is 16.7 Å². The molecule has 4 nitrogen and oxygen atoms in total. The quantitative estimate of drug-likeness (QED) is 0.628. The molecule has 3 rings (SSSR count). The first kappa shape index (κ1) is 11.0. The van der Waals surface area contributed by atoms with Crippen molar-refractivity contribution < 1.29 is 0 Å². The lowest BCUT2D eigenvalue weighted by Gasteiger charge is -2.05. The van der Waals surface area contributed by atoms with E-state index in [4.69, 9.17) is 11.6 Å². The Morgan fingerprint density at radius 3 is 2.61 bits per heavy atom. The number of aromatic nitrogens is 4. The molecule has 0 fully saturated rings. The fraction of sp³-hybridized carbons (Fsp3) is 0.0769. The molecule has 3 aromatic rings. The van der Waals surface area contributed by atoms with E-state index in [-0.39, 0.29) is 5.28 Å². The summed E-state index contributed by atoms with van der Waals surface area (Å²) in [6, 6.07) is 5.84. The maximum absolute atomic E-state index is 5.83. The molecule has 88 valence electrons. The van der Waals surface area contributed by atoms with E-state index in [2.05, 4.69) is 19.9 Å². The maximum Gasteiger partial charge on any atom is 0.222 e. The molecule has 0 atom stereocenters. The van der Waals surface area contributed by atoms with Crippen LogP contribution in [0.3, 0.4) is 0 Å². The number of benzene rings is 1. The van der Waals surface area contributed by atoms with E-state index in [9.17, 15) is 0 Å². The molecule has 0 radical (unpaired) electrons. The summed E-state index contributed by atoms with van der Waals surface area (Å²) in [7, 11) is 0. The van der Waals surface area contributed by atoms with Gasteiger partial charge in [-0.05, 0) is 36.2 Å². The highest BCUT2D eigenvalue weighted by atomic mass is 35.5. The number of hydrogen-bond acceptors (Lipinski definition) is 4. The average molecular weight is 257 g/mol. The monoisotopic (exact) mass is 256 g/mol. The van der Waals surface area contributed by atoms with Crippen molar-refractivity contribution in [3.63, 3.8) is 0 Å². The highest BCUT2D eigenvalue weighted by molar-refractivity contribution is 6.28. The van der Waals surface area contributed by atoms with Crippen molar-refractivity contribution in [2.75, 3.05) is 0 Å². The van der Waals surface area contributed by atoms with Crippen LogP contribution in [0.4, 0.5) is 0 Å². The van der Waals surface area contributed by atoms with Gasteiger partial charge in [0.2, 0.25) is 5.28 Å². The van der Waals surface area contributed by atoms with Crippen molar-refractivity contribution in [1.82, 2.24) is 19.9 Å². The number of halogens is 1. The van der Waals surface area contributed by atoms with Gasteiger partial charge in [-0.15, -0.1) is 0 Å². The first-order chi connectivity index (χ1) is 8.74. The Bertz CT molecular complexity index is 727. The molecular weight excluding hydrogens is 248 g/mol. The maximum atomic E-state index is 5.83. The van der Waals surface area contributed by atoms with Crippen molar-refractivity contribution in [3.05, 3.63) is 47.6 Å². The number of aryl methyl sites for hydroxylation is 1. The van der Waals surface area contributed by atoms with Crippen LogP contribution in [0.1, 0.15) is 5.56 Å². The fourth-order valence-corrected chi connectivity index (χ4v) is 1.96. The first-order valence-electron chi connectivity index (χ1n) is 5.44. The summed E-state index contributed by atoms with van der Waals surface area (Å²) in [5, 5.41) is 0.245. The topological polar surface area (TPSA) is 51.6 Å². The summed E-state index contributed by atoms with van der Waals surface area (Å²) in [4.78, 5) is 16.7. The summed E-state index contributed by atoms with van der Waals surface area (Å²) in [5.41, 5.74) is 4.46. The molecule has 0 N–H and O–H groups in total. The van der Waals surface area contributed by atoms with Crippen molar-refractivity contribution in [2.24, 2.45) is 0 Å². The van der Waals surface area contributed by atoms with Gasteiger partial charge in [-0.3, -0.25) is 9.97 Å². The third kappa shape index (κ3) is 1.91. The van der Waals surface area contributed by atoms with E-state index in [1.54, 1.807) is 18.6 Å². The molecule has 0 aliphatic carbocycles. The molecule has 0 amide bonds. The predicted octanol–water partition coefficient (Wildman–Crippen LogP) is 3.05. The second-order valence-corrected chi connectivity index (χ2v) is 4.27. The van der Waals surface area contributed by atoms with E-state index in [1.807, 2.05) is 25.1 Å². The molecule has 0 bridgehead atoms. The minimum absolute atomic E-state index is 0.245. The molecule has 2 aromatic heterocycles. The number of hydrogen-bond donors (Lipinski definition) is 0. The lowest BCUT2D eigenvalue weighted by Crippen LogP contribution is -1.92. The standard InChI is InChI=1S/C13H9ClN4/c1-8-7-17-13(14)18-12(8)9-2-3-10-11(6-9)16-5-4-15-10/h2-7H,1H3.